The van der Waals surface area contributed by atoms with Gasteiger partial charge in [0.25, 0.3) is 0 Å². The first kappa shape index (κ1) is 32.3. The van der Waals surface area contributed by atoms with Crippen molar-refractivity contribution in [3.05, 3.63) is 107 Å². The normalized spacial score (nSPS) is 14.2. The van der Waals surface area contributed by atoms with E-state index in [1.165, 1.54) is 0 Å². The van der Waals surface area contributed by atoms with Crippen molar-refractivity contribution in [3.8, 4) is 5.75 Å². The summed E-state index contributed by atoms with van der Waals surface area (Å²) in [5.41, 5.74) is 3.64. The van der Waals surface area contributed by atoms with E-state index in [4.69, 9.17) is 4.74 Å². The van der Waals surface area contributed by atoms with Crippen molar-refractivity contribution in [2.75, 3.05) is 33.3 Å². The number of nitrogens with zero attached hydrogens (tertiary/aromatic N) is 2. The molecule has 1 saturated heterocycles. The molecule has 1 fully saturated rings. The minimum absolute atomic E-state index is 0.125. The van der Waals surface area contributed by atoms with E-state index >= 15 is 0 Å². The van der Waals surface area contributed by atoms with Crippen LogP contribution in [0.25, 0.3) is 6.08 Å². The van der Waals surface area contributed by atoms with Crippen LogP contribution in [-0.4, -0.2) is 71.3 Å². The van der Waals surface area contributed by atoms with Crippen LogP contribution in [0.5, 0.6) is 5.75 Å². The lowest BCUT2D eigenvalue weighted by atomic mass is 9.91. The number of hydrogen-bond acceptors (Lipinski definition) is 4. The largest absolute Gasteiger partial charge is 0.493 e. The number of allylic oxidation sites excluding steroid dienone is 1. The average molecular weight is 599 g/mol. The van der Waals surface area contributed by atoms with Crippen LogP contribution in [0, 0.1) is 5.92 Å². The lowest BCUT2D eigenvalue weighted by Crippen LogP contribution is -2.47. The molecule has 4 rings (SSSR count). The zero-order valence-corrected chi connectivity index (χ0v) is 25.4. The topological polar surface area (TPSA) is 107 Å². The summed E-state index contributed by atoms with van der Waals surface area (Å²) in [5.74, 6) is -0.899. The molecule has 2 amide bonds. The van der Waals surface area contributed by atoms with Gasteiger partial charge in [-0.15, -0.1) is 0 Å². The van der Waals surface area contributed by atoms with Gasteiger partial charge in [0, 0.05) is 32.2 Å². The second kappa shape index (κ2) is 16.3. The van der Waals surface area contributed by atoms with Crippen LogP contribution in [-0.2, 0) is 12.8 Å². The number of hydrogen-bond donors (Lipinski definition) is 2. The Kier molecular flexibility index (Phi) is 12.0. The number of urea groups is 1. The van der Waals surface area contributed by atoms with Crippen molar-refractivity contribution >= 4 is 24.0 Å². The number of amides is 2. The smallest absolute Gasteiger partial charge is 0.335 e. The molecule has 0 aliphatic carbocycles. The van der Waals surface area contributed by atoms with Gasteiger partial charge in [0.05, 0.1) is 17.7 Å². The number of rotatable bonds is 16. The van der Waals surface area contributed by atoms with Crippen molar-refractivity contribution in [2.24, 2.45) is 5.92 Å². The van der Waals surface area contributed by atoms with Gasteiger partial charge in [0.2, 0.25) is 0 Å². The Morgan fingerprint density at radius 1 is 0.864 bits per heavy atom. The van der Waals surface area contributed by atoms with Gasteiger partial charge >= 0.3 is 18.0 Å². The highest BCUT2D eigenvalue weighted by Gasteiger charge is 2.21. The molecule has 0 radical (unpaired) electrons. The lowest BCUT2D eigenvalue weighted by molar-refractivity contribution is 0.0686. The van der Waals surface area contributed by atoms with Crippen molar-refractivity contribution in [3.63, 3.8) is 0 Å². The second-order valence-electron chi connectivity index (χ2n) is 11.4. The van der Waals surface area contributed by atoms with Crippen LogP contribution in [0.2, 0.25) is 0 Å². The molecule has 1 aliphatic rings. The van der Waals surface area contributed by atoms with E-state index < -0.39 is 11.9 Å². The second-order valence-corrected chi connectivity index (χ2v) is 11.4. The number of carbonyl (C=O) groups excluding carboxylic acids is 1. The van der Waals surface area contributed by atoms with E-state index in [1.807, 2.05) is 60.5 Å². The molecule has 1 aliphatic heterocycles. The number of ether oxygens (including phenoxy) is 1. The van der Waals surface area contributed by atoms with E-state index in [-0.39, 0.29) is 23.1 Å². The van der Waals surface area contributed by atoms with E-state index in [2.05, 4.69) is 12.2 Å². The molecule has 1 atom stereocenters. The number of carboxylic acids is 2. The fourth-order valence-corrected chi connectivity index (χ4v) is 5.41. The van der Waals surface area contributed by atoms with E-state index in [1.54, 1.807) is 29.2 Å². The summed E-state index contributed by atoms with van der Waals surface area (Å²) in [4.78, 5) is 38.5. The quantitative estimate of drug-likeness (QED) is 0.174. The molecule has 44 heavy (non-hydrogen) atoms. The first-order chi connectivity index (χ1) is 21.3. The van der Waals surface area contributed by atoms with Crippen LogP contribution in [0.15, 0.2) is 78.9 Å². The van der Waals surface area contributed by atoms with Crippen molar-refractivity contribution < 1.29 is 29.3 Å². The lowest BCUT2D eigenvalue weighted by Gasteiger charge is -2.33. The van der Waals surface area contributed by atoms with Crippen LogP contribution in [0.3, 0.4) is 0 Å². The monoisotopic (exact) mass is 598 g/mol. The Morgan fingerprint density at radius 3 is 2.20 bits per heavy atom. The third kappa shape index (κ3) is 9.73. The molecule has 0 saturated carbocycles. The summed E-state index contributed by atoms with van der Waals surface area (Å²) in [5, 5.41) is 18.5. The van der Waals surface area contributed by atoms with Crippen LogP contribution >= 0.6 is 0 Å². The number of unbranched alkanes of at least 4 members (excludes halogenated alkanes) is 2. The molecule has 8 nitrogen and oxygen atoms in total. The molecule has 0 spiro atoms. The third-order valence-electron chi connectivity index (χ3n) is 8.02. The van der Waals surface area contributed by atoms with E-state index in [0.717, 1.165) is 87.0 Å². The third-order valence-corrected chi connectivity index (χ3v) is 8.02. The highest BCUT2D eigenvalue weighted by Crippen LogP contribution is 2.24. The van der Waals surface area contributed by atoms with Gasteiger partial charge < -0.3 is 24.7 Å². The molecule has 3 aromatic rings. The van der Waals surface area contributed by atoms with E-state index in [9.17, 15) is 24.6 Å². The Balaban J connectivity index is 1.35. The maximum atomic E-state index is 12.2. The number of benzene rings is 3. The van der Waals surface area contributed by atoms with Gasteiger partial charge in [0.15, 0.2) is 0 Å². The highest BCUT2D eigenvalue weighted by atomic mass is 16.5. The van der Waals surface area contributed by atoms with Crippen LogP contribution < -0.4 is 4.74 Å². The van der Waals surface area contributed by atoms with Gasteiger partial charge in [-0.3, -0.25) is 0 Å². The van der Waals surface area contributed by atoms with E-state index in [0.29, 0.717) is 6.61 Å². The standard InChI is InChI=1S/C36H42N2O6/c1-37-22-7-24-38(36(37)43)23-5-2-6-25-44-33-9-4-3-8-30(33)17-14-28(26-29-15-20-32(21-16-29)35(41)42)11-10-27-12-18-31(19-13-27)34(39)40/h3-4,8-9,12-21,28H,2,5-7,10-11,22-26H2,1H3,(H,39,40)(H,41,42). The Labute approximate surface area is 259 Å². The van der Waals surface area contributed by atoms with Gasteiger partial charge in [-0.2, -0.15) is 0 Å². The summed E-state index contributed by atoms with van der Waals surface area (Å²) in [7, 11) is 1.86. The first-order valence-corrected chi connectivity index (χ1v) is 15.3. The number of carbonyl (C=O) groups is 3. The number of carboxylic acid groups (broad SMARTS) is 2. The summed E-state index contributed by atoms with van der Waals surface area (Å²) < 4.78 is 6.17. The summed E-state index contributed by atoms with van der Waals surface area (Å²) in [6.07, 6.45) is 10.5. The summed E-state index contributed by atoms with van der Waals surface area (Å²) in [6, 6.07) is 22.1. The fourth-order valence-electron chi connectivity index (χ4n) is 5.41. The van der Waals surface area contributed by atoms with Gasteiger partial charge in [-0.1, -0.05) is 54.6 Å². The van der Waals surface area contributed by atoms with Gasteiger partial charge in [0.1, 0.15) is 5.75 Å². The average Bonchev–Trinajstić information content (AvgIpc) is 3.03. The minimum atomic E-state index is -0.945. The number of para-hydroxylation sites is 1. The zero-order chi connectivity index (χ0) is 31.3. The van der Waals surface area contributed by atoms with Crippen LogP contribution in [0.4, 0.5) is 4.79 Å². The van der Waals surface area contributed by atoms with Crippen molar-refractivity contribution in [2.45, 2.75) is 44.9 Å². The minimum Gasteiger partial charge on any atom is -0.493 e. The van der Waals surface area contributed by atoms with Crippen molar-refractivity contribution in [1.29, 1.82) is 0 Å². The molecule has 1 unspecified atom stereocenters. The van der Waals surface area contributed by atoms with Crippen molar-refractivity contribution in [1.82, 2.24) is 9.80 Å². The van der Waals surface area contributed by atoms with Crippen LogP contribution in [0.1, 0.15) is 69.5 Å². The Morgan fingerprint density at radius 2 is 1.52 bits per heavy atom. The summed E-state index contributed by atoms with van der Waals surface area (Å²) in [6.45, 7) is 3.06. The Hall–Kier alpha value is -4.59. The summed E-state index contributed by atoms with van der Waals surface area (Å²) >= 11 is 0. The molecule has 2 N–H and O–H groups in total. The maximum Gasteiger partial charge on any atom is 0.335 e. The molecular weight excluding hydrogens is 556 g/mol. The first-order valence-electron chi connectivity index (χ1n) is 15.3. The Bertz CT molecular complexity index is 1420. The predicted octanol–water partition coefficient (Wildman–Crippen LogP) is 6.89. The molecule has 0 aromatic heterocycles. The van der Waals surface area contributed by atoms with Gasteiger partial charge in [-0.25, -0.2) is 14.4 Å². The molecule has 3 aromatic carbocycles. The number of aryl methyl sites for hydroxylation is 1. The molecule has 0 bridgehead atoms. The SMILES string of the molecule is CN1CCCN(CCCCCOc2ccccc2C=CC(CCc2ccc(C(=O)O)cc2)Cc2ccc(C(=O)O)cc2)C1=O. The maximum absolute atomic E-state index is 12.2. The fraction of sp³-hybridized carbons (Fsp3) is 0.361. The zero-order valence-electron chi connectivity index (χ0n) is 25.4. The number of aromatic carboxylic acids is 2. The predicted molar refractivity (Wildman–Crippen MR) is 171 cm³/mol. The molecule has 8 heteroatoms. The molecular formula is C36H42N2O6. The molecule has 232 valence electrons. The molecule has 1 heterocycles. The highest BCUT2D eigenvalue weighted by molar-refractivity contribution is 5.88. The van der Waals surface area contributed by atoms with Gasteiger partial charge in [-0.05, 0) is 92.3 Å².